The Morgan fingerprint density at radius 1 is 1.15 bits per heavy atom. The zero-order valence-corrected chi connectivity index (χ0v) is 12.8. The molecule has 2 aliphatic rings. The number of carbonyl (C=O) groups is 4. The van der Waals surface area contributed by atoms with Gasteiger partial charge in [-0.05, 0) is 6.42 Å². The van der Waals surface area contributed by atoms with Gasteiger partial charge in [0.25, 0.3) is 0 Å². The molecule has 2 unspecified atom stereocenters. The van der Waals surface area contributed by atoms with Crippen molar-refractivity contribution < 1.29 is 28.7 Å². The molecule has 0 saturated carbocycles. The van der Waals surface area contributed by atoms with Crippen molar-refractivity contribution in [2.45, 2.75) is 19.3 Å². The minimum atomic E-state index is -0.582. The molecule has 7 heteroatoms. The molecule has 20 heavy (non-hydrogen) atoms. The molecule has 0 bridgehead atoms. The molecule has 2 heterocycles. The summed E-state index contributed by atoms with van der Waals surface area (Å²) in [5.74, 6) is -3.19. The first-order valence-electron chi connectivity index (χ1n) is 6.01. The second kappa shape index (κ2) is 6.38. The van der Waals surface area contributed by atoms with Crippen molar-refractivity contribution in [2.75, 3.05) is 4.43 Å². The zero-order chi connectivity index (χ0) is 14.7. The van der Waals surface area contributed by atoms with Crippen LogP contribution in [0.4, 0.5) is 0 Å². The third kappa shape index (κ3) is 3.59. The fourth-order valence-corrected chi connectivity index (χ4v) is 3.44. The van der Waals surface area contributed by atoms with E-state index in [0.29, 0.717) is 10.8 Å². The van der Waals surface area contributed by atoms with Gasteiger partial charge in [-0.3, -0.25) is 19.2 Å². The first kappa shape index (κ1) is 15.0. The topological polar surface area (TPSA) is 86.7 Å². The van der Waals surface area contributed by atoms with E-state index in [2.05, 4.69) is 14.0 Å². The maximum Gasteiger partial charge on any atom is 0.321 e. The van der Waals surface area contributed by atoms with Crippen LogP contribution in [0.2, 0.25) is 0 Å². The van der Waals surface area contributed by atoms with Crippen LogP contribution < -0.4 is 0 Å². The molecule has 6 nitrogen and oxygen atoms in total. The van der Waals surface area contributed by atoms with E-state index in [-0.39, 0.29) is 33.6 Å². The van der Waals surface area contributed by atoms with E-state index in [1.54, 1.807) is 6.08 Å². The Kier molecular flexibility index (Phi) is 4.79. The largest absolute Gasteiger partial charge is 0.393 e. The second-order valence-corrected chi connectivity index (χ2v) is 6.49. The number of hydrogen-bond donors (Lipinski definition) is 0. The van der Waals surface area contributed by atoms with Gasteiger partial charge >= 0.3 is 23.9 Å². The van der Waals surface area contributed by atoms with Gasteiger partial charge < -0.3 is 9.47 Å². The fraction of sp³-hybridized carbons (Fsp3) is 0.462. The molecule has 0 amide bonds. The molecule has 0 aromatic rings. The van der Waals surface area contributed by atoms with E-state index < -0.39 is 35.7 Å². The Labute approximate surface area is 125 Å². The van der Waals surface area contributed by atoms with Gasteiger partial charge in [-0.25, -0.2) is 0 Å². The van der Waals surface area contributed by atoms with Gasteiger partial charge in [-0.15, -0.1) is 20.7 Å². The number of cyclic esters (lactones) is 4. The van der Waals surface area contributed by atoms with E-state index in [4.69, 9.17) is 0 Å². The van der Waals surface area contributed by atoms with Crippen LogP contribution in [0.1, 0.15) is 19.3 Å². The summed E-state index contributed by atoms with van der Waals surface area (Å²) in [4.78, 5) is 45.0. The Hall–Kier alpha value is -1.38. The molecule has 2 saturated heterocycles. The molecule has 2 fully saturated rings. The monoisotopic (exact) mass is 392 g/mol. The van der Waals surface area contributed by atoms with Gasteiger partial charge in [0.05, 0.1) is 24.7 Å². The predicted molar refractivity (Wildman–Crippen MR) is 77.1 cm³/mol. The number of rotatable bonds is 5. The van der Waals surface area contributed by atoms with Crippen LogP contribution >= 0.6 is 20.7 Å². The summed E-state index contributed by atoms with van der Waals surface area (Å²) >= 11 is -0.321. The summed E-state index contributed by atoms with van der Waals surface area (Å²) in [6.07, 6.45) is 2.16. The molecular formula is C13H13IO6. The normalized spacial score (nSPS) is 26.9. The van der Waals surface area contributed by atoms with Crippen LogP contribution in [0.5, 0.6) is 0 Å². The van der Waals surface area contributed by atoms with Crippen molar-refractivity contribution in [1.29, 1.82) is 0 Å². The standard InChI is InChI=1S/C13H13IO6/c1-14-6-7(2-8-4-10(15)19-12(8)17)3-9-5-11(16)20-13(9)18/h2,8-9H,1,3-6H2/b7-2+. The predicted octanol–water partition coefficient (Wildman–Crippen LogP) is 0.885. The lowest BCUT2D eigenvalue weighted by atomic mass is 9.95. The Morgan fingerprint density at radius 2 is 1.80 bits per heavy atom. The van der Waals surface area contributed by atoms with E-state index in [9.17, 15) is 19.2 Å². The number of hydrogen-bond acceptors (Lipinski definition) is 6. The molecule has 2 rings (SSSR count). The molecule has 0 aromatic carbocycles. The summed E-state index contributed by atoms with van der Waals surface area (Å²) in [5.41, 5.74) is 0.876. The first-order valence-corrected chi connectivity index (χ1v) is 9.06. The van der Waals surface area contributed by atoms with E-state index >= 15 is 0 Å². The minimum Gasteiger partial charge on any atom is -0.393 e. The number of ether oxygens (including phenoxy) is 2. The van der Waals surface area contributed by atoms with Crippen molar-refractivity contribution >= 4 is 49.1 Å². The van der Waals surface area contributed by atoms with E-state index in [0.717, 1.165) is 5.57 Å². The van der Waals surface area contributed by atoms with Crippen molar-refractivity contribution in [2.24, 2.45) is 11.8 Å². The quantitative estimate of drug-likeness (QED) is 0.227. The van der Waals surface area contributed by atoms with Crippen LogP contribution in [0.15, 0.2) is 11.6 Å². The SMILES string of the molecule is C=IC/C(=C/C1CC(=O)OC1=O)CC1CC(=O)OC1=O. The van der Waals surface area contributed by atoms with Crippen molar-refractivity contribution in [3.05, 3.63) is 11.6 Å². The van der Waals surface area contributed by atoms with Crippen molar-refractivity contribution in [3.63, 3.8) is 0 Å². The summed E-state index contributed by atoms with van der Waals surface area (Å²) in [6.45, 7) is 0. The molecule has 2 atom stereocenters. The van der Waals surface area contributed by atoms with Gasteiger partial charge in [-0.2, -0.15) is 0 Å². The van der Waals surface area contributed by atoms with Gasteiger partial charge in [0.1, 0.15) is 0 Å². The molecule has 2 aliphatic heterocycles. The molecule has 0 radical (unpaired) electrons. The maximum atomic E-state index is 11.5. The van der Waals surface area contributed by atoms with E-state index in [1.165, 1.54) is 0 Å². The van der Waals surface area contributed by atoms with Crippen LogP contribution in [0, 0.1) is 11.8 Å². The van der Waals surface area contributed by atoms with Gasteiger partial charge in [-0.1, -0.05) is 16.2 Å². The maximum absolute atomic E-state index is 11.5. The van der Waals surface area contributed by atoms with Gasteiger partial charge in [0, 0.05) is 4.43 Å². The lowest BCUT2D eigenvalue weighted by molar-refractivity contribution is -0.154. The number of esters is 4. The second-order valence-electron chi connectivity index (χ2n) is 4.65. The molecule has 108 valence electrons. The third-order valence-corrected chi connectivity index (χ3v) is 4.60. The number of allylic oxidation sites excluding steroid dienone is 1. The Balaban J connectivity index is 2.08. The number of carbonyl (C=O) groups excluding carboxylic acids is 4. The van der Waals surface area contributed by atoms with Crippen molar-refractivity contribution in [1.82, 2.24) is 0 Å². The lowest BCUT2D eigenvalue weighted by Gasteiger charge is -2.09. The summed E-state index contributed by atoms with van der Waals surface area (Å²) in [6, 6.07) is 0. The van der Waals surface area contributed by atoms with Gasteiger partial charge in [0.2, 0.25) is 0 Å². The molecule has 0 spiro atoms. The van der Waals surface area contributed by atoms with Gasteiger partial charge in [0.15, 0.2) is 0 Å². The molecule has 0 aliphatic carbocycles. The fourth-order valence-electron chi connectivity index (χ4n) is 2.19. The molecule has 0 N–H and O–H groups in total. The summed E-state index contributed by atoms with van der Waals surface area (Å²) in [7, 11) is 0. The highest BCUT2D eigenvalue weighted by Gasteiger charge is 2.35. The Morgan fingerprint density at radius 3 is 2.30 bits per heavy atom. The van der Waals surface area contributed by atoms with E-state index in [1.807, 2.05) is 0 Å². The zero-order valence-electron chi connectivity index (χ0n) is 10.6. The first-order chi connectivity index (χ1) is 9.49. The summed E-state index contributed by atoms with van der Waals surface area (Å²) < 4.78 is 13.5. The minimum absolute atomic E-state index is 0.0336. The summed E-state index contributed by atoms with van der Waals surface area (Å²) in [5, 5.41) is 0. The average Bonchev–Trinajstić information content (AvgIpc) is 2.82. The van der Waals surface area contributed by atoms with Crippen LogP contribution in [0.3, 0.4) is 0 Å². The number of halogens is 1. The van der Waals surface area contributed by atoms with Crippen LogP contribution in [0.25, 0.3) is 0 Å². The van der Waals surface area contributed by atoms with Crippen molar-refractivity contribution in [3.8, 4) is 0 Å². The highest BCUT2D eigenvalue weighted by atomic mass is 127. The molecule has 0 aromatic heterocycles. The average molecular weight is 392 g/mol. The lowest BCUT2D eigenvalue weighted by Crippen LogP contribution is -2.11. The number of alkyl halides is 1. The van der Waals surface area contributed by atoms with Crippen LogP contribution in [-0.2, 0) is 28.7 Å². The smallest absolute Gasteiger partial charge is 0.321 e. The Bertz CT molecular complexity index is 521. The molecular weight excluding hydrogens is 379 g/mol. The highest BCUT2D eigenvalue weighted by molar-refractivity contribution is 14.2. The third-order valence-electron chi connectivity index (χ3n) is 3.08. The van der Waals surface area contributed by atoms with Crippen LogP contribution in [-0.4, -0.2) is 32.8 Å². The highest BCUT2D eigenvalue weighted by Crippen LogP contribution is 2.28.